The van der Waals surface area contributed by atoms with E-state index in [2.05, 4.69) is 18.3 Å². The molecule has 0 aliphatic heterocycles. The van der Waals surface area contributed by atoms with Gasteiger partial charge < -0.3 is 14.8 Å². The molecule has 0 saturated heterocycles. The molecular formula is C21H35NO4. The molecule has 1 N–H and O–H groups in total. The average Bonchev–Trinajstić information content (AvgIpc) is 2.78. The maximum Gasteiger partial charge on any atom is 0.407 e. The van der Waals surface area contributed by atoms with Gasteiger partial charge in [-0.15, -0.1) is 0 Å². The molecule has 148 valence electrons. The first-order valence-corrected chi connectivity index (χ1v) is 9.72. The highest BCUT2D eigenvalue weighted by Crippen LogP contribution is 2.61. The van der Waals surface area contributed by atoms with Crippen LogP contribution in [0.1, 0.15) is 74.1 Å². The fourth-order valence-corrected chi connectivity index (χ4v) is 4.84. The minimum Gasteiger partial charge on any atom is -0.460 e. The van der Waals surface area contributed by atoms with Crippen molar-refractivity contribution in [2.75, 3.05) is 6.54 Å². The van der Waals surface area contributed by atoms with Crippen LogP contribution >= 0.6 is 0 Å². The Morgan fingerprint density at radius 1 is 1.23 bits per heavy atom. The van der Waals surface area contributed by atoms with Gasteiger partial charge in [-0.05, 0) is 77.6 Å². The van der Waals surface area contributed by atoms with Crippen LogP contribution in [-0.2, 0) is 14.3 Å². The Morgan fingerprint density at radius 3 is 2.42 bits per heavy atom. The van der Waals surface area contributed by atoms with Crippen molar-refractivity contribution in [2.24, 2.45) is 17.3 Å². The molecule has 2 aliphatic carbocycles. The van der Waals surface area contributed by atoms with E-state index < -0.39 is 11.2 Å². The number of carbonyl (C=O) groups excluding carboxylic acids is 2. The van der Waals surface area contributed by atoms with Crippen molar-refractivity contribution in [1.29, 1.82) is 0 Å². The van der Waals surface area contributed by atoms with Crippen molar-refractivity contribution >= 4 is 12.1 Å². The number of ether oxygens (including phenoxy) is 2. The molecule has 1 amide bonds. The lowest BCUT2D eigenvalue weighted by atomic mass is 9.52. The predicted molar refractivity (Wildman–Crippen MR) is 102 cm³/mol. The molecule has 1 fully saturated rings. The summed E-state index contributed by atoms with van der Waals surface area (Å²) in [5.41, 5.74) is 0.343. The summed E-state index contributed by atoms with van der Waals surface area (Å²) in [6.07, 6.45) is 6.01. The number of alkyl carbamates (subject to hydrolysis) is 1. The topological polar surface area (TPSA) is 64.6 Å². The minimum absolute atomic E-state index is 0.0859. The van der Waals surface area contributed by atoms with E-state index >= 15 is 0 Å². The number of esters is 1. The number of carbonyl (C=O) groups is 2. The standard InChI is InChI=1S/C21H35NO4/c1-8-15-9-16-11-21(17(16)10-15,12-20(6,7)25-14(2)23)13-22-18(24)26-19(3,4)5/h10,16-17H,8-9,11-13H2,1-7H3,(H,22,24)/t16-,17-,21+/m1/s1. The molecule has 2 aliphatic rings. The Hall–Kier alpha value is -1.52. The molecule has 0 radical (unpaired) electrons. The lowest BCUT2D eigenvalue weighted by molar-refractivity contribution is -0.161. The molecule has 0 aromatic carbocycles. The van der Waals surface area contributed by atoms with E-state index in [1.807, 2.05) is 34.6 Å². The molecule has 5 heteroatoms. The van der Waals surface area contributed by atoms with Gasteiger partial charge in [-0.3, -0.25) is 4.79 Å². The fraction of sp³-hybridized carbons (Fsp3) is 0.810. The predicted octanol–water partition coefficient (Wildman–Crippen LogP) is 4.61. The van der Waals surface area contributed by atoms with Crippen LogP contribution in [-0.4, -0.2) is 29.8 Å². The van der Waals surface area contributed by atoms with Gasteiger partial charge in [0.25, 0.3) is 0 Å². The van der Waals surface area contributed by atoms with Crippen molar-refractivity contribution in [3.8, 4) is 0 Å². The lowest BCUT2D eigenvalue weighted by Gasteiger charge is -2.55. The van der Waals surface area contributed by atoms with E-state index in [1.165, 1.54) is 12.5 Å². The van der Waals surface area contributed by atoms with Crippen LogP contribution in [0.3, 0.4) is 0 Å². The Kier molecular flexibility index (Phi) is 5.79. The second-order valence-corrected chi connectivity index (χ2v) is 9.62. The van der Waals surface area contributed by atoms with Crippen molar-refractivity contribution in [2.45, 2.75) is 85.4 Å². The first kappa shape index (κ1) is 20.8. The summed E-state index contributed by atoms with van der Waals surface area (Å²) in [5.74, 6) is 0.818. The molecule has 26 heavy (non-hydrogen) atoms. The molecule has 0 aromatic heterocycles. The van der Waals surface area contributed by atoms with Gasteiger partial charge in [-0.1, -0.05) is 18.6 Å². The second kappa shape index (κ2) is 7.24. The van der Waals surface area contributed by atoms with E-state index in [4.69, 9.17) is 9.47 Å². The fourth-order valence-electron chi connectivity index (χ4n) is 4.84. The number of hydrogen-bond donors (Lipinski definition) is 1. The van der Waals surface area contributed by atoms with E-state index in [9.17, 15) is 9.59 Å². The maximum atomic E-state index is 12.2. The highest BCUT2D eigenvalue weighted by atomic mass is 16.6. The summed E-state index contributed by atoms with van der Waals surface area (Å²) in [4.78, 5) is 23.6. The zero-order valence-corrected chi connectivity index (χ0v) is 17.4. The Balaban J connectivity index is 2.12. The Morgan fingerprint density at radius 2 is 1.88 bits per heavy atom. The van der Waals surface area contributed by atoms with Crippen LogP contribution in [0.2, 0.25) is 0 Å². The van der Waals surface area contributed by atoms with Crippen molar-refractivity contribution < 1.29 is 19.1 Å². The number of hydrogen-bond acceptors (Lipinski definition) is 4. The average molecular weight is 366 g/mol. The monoisotopic (exact) mass is 365 g/mol. The summed E-state index contributed by atoms with van der Waals surface area (Å²) in [7, 11) is 0. The van der Waals surface area contributed by atoms with Gasteiger partial charge in [-0.25, -0.2) is 4.79 Å². The molecule has 1 saturated carbocycles. The molecular weight excluding hydrogens is 330 g/mol. The summed E-state index contributed by atoms with van der Waals surface area (Å²) >= 11 is 0. The molecule has 2 rings (SSSR count). The first-order valence-electron chi connectivity index (χ1n) is 9.72. The molecule has 0 spiro atoms. The number of nitrogens with one attached hydrogen (secondary N) is 1. The number of allylic oxidation sites excluding steroid dienone is 2. The summed E-state index contributed by atoms with van der Waals surface area (Å²) in [6.45, 7) is 13.7. The largest absolute Gasteiger partial charge is 0.460 e. The maximum absolute atomic E-state index is 12.2. The van der Waals surface area contributed by atoms with Gasteiger partial charge in [0.15, 0.2) is 0 Å². The zero-order valence-electron chi connectivity index (χ0n) is 17.4. The van der Waals surface area contributed by atoms with E-state index in [-0.39, 0.29) is 17.5 Å². The van der Waals surface area contributed by atoms with Gasteiger partial charge >= 0.3 is 12.1 Å². The molecule has 0 bridgehead atoms. The molecule has 3 atom stereocenters. The third kappa shape index (κ3) is 5.01. The Labute approximate surface area is 157 Å². The van der Waals surface area contributed by atoms with Crippen LogP contribution in [0.25, 0.3) is 0 Å². The van der Waals surface area contributed by atoms with Gasteiger partial charge in [-0.2, -0.15) is 0 Å². The van der Waals surface area contributed by atoms with E-state index in [1.54, 1.807) is 0 Å². The molecule has 0 unspecified atom stereocenters. The van der Waals surface area contributed by atoms with Crippen molar-refractivity contribution in [1.82, 2.24) is 5.32 Å². The van der Waals surface area contributed by atoms with Crippen molar-refractivity contribution in [3.05, 3.63) is 11.6 Å². The van der Waals surface area contributed by atoms with Crippen LogP contribution in [0.5, 0.6) is 0 Å². The molecule has 5 nitrogen and oxygen atoms in total. The van der Waals surface area contributed by atoms with Gasteiger partial charge in [0, 0.05) is 13.5 Å². The normalized spacial score (nSPS) is 27.9. The number of amides is 1. The molecule has 0 aromatic rings. The van der Waals surface area contributed by atoms with Crippen LogP contribution in [0.15, 0.2) is 11.6 Å². The number of rotatable bonds is 6. The van der Waals surface area contributed by atoms with Crippen LogP contribution in [0.4, 0.5) is 4.79 Å². The first-order chi connectivity index (χ1) is 11.9. The summed E-state index contributed by atoms with van der Waals surface area (Å²) < 4.78 is 11.0. The van der Waals surface area contributed by atoms with Crippen LogP contribution in [0, 0.1) is 17.3 Å². The minimum atomic E-state index is -0.560. The molecule has 0 heterocycles. The zero-order chi connectivity index (χ0) is 19.8. The third-order valence-corrected chi connectivity index (χ3v) is 5.46. The lowest BCUT2D eigenvalue weighted by Crippen LogP contribution is -2.55. The number of fused-ring (bicyclic) bond motifs is 1. The third-order valence-electron chi connectivity index (χ3n) is 5.46. The van der Waals surface area contributed by atoms with Gasteiger partial charge in [0.05, 0.1) is 0 Å². The Bertz CT molecular complexity index is 587. The quantitative estimate of drug-likeness (QED) is 0.552. The summed E-state index contributed by atoms with van der Waals surface area (Å²) in [5, 5.41) is 2.97. The highest BCUT2D eigenvalue weighted by molar-refractivity contribution is 5.68. The van der Waals surface area contributed by atoms with Crippen molar-refractivity contribution in [3.63, 3.8) is 0 Å². The smallest absolute Gasteiger partial charge is 0.407 e. The SMILES string of the molecule is CCC1=C[C@@H]2[C@H](C1)C[C@@]2(CNC(=O)OC(C)(C)C)CC(C)(C)OC(C)=O. The van der Waals surface area contributed by atoms with Gasteiger partial charge in [0.1, 0.15) is 11.2 Å². The van der Waals surface area contributed by atoms with E-state index in [0.717, 1.165) is 25.7 Å². The van der Waals surface area contributed by atoms with Crippen LogP contribution < -0.4 is 5.32 Å². The second-order valence-electron chi connectivity index (χ2n) is 9.62. The summed E-state index contributed by atoms with van der Waals surface area (Å²) in [6, 6.07) is 0. The highest BCUT2D eigenvalue weighted by Gasteiger charge is 2.56. The van der Waals surface area contributed by atoms with E-state index in [0.29, 0.717) is 18.4 Å². The van der Waals surface area contributed by atoms with Gasteiger partial charge in [0.2, 0.25) is 0 Å².